The molecule has 0 amide bonds. The normalized spacial score (nSPS) is 22.3. The number of aliphatic imine (C=N–C) groups is 2. The van der Waals surface area contributed by atoms with Crippen LogP contribution >= 0.6 is 0 Å². The number of nitro groups is 1. The van der Waals surface area contributed by atoms with E-state index in [1.807, 2.05) is 0 Å². The SMILES string of the molecule is O=[N+]([O-])[C@]1(c2cccc3ncccc23)N=CN2NC=NC(O)=C21. The fourth-order valence-electron chi connectivity index (χ4n) is 2.84. The van der Waals surface area contributed by atoms with Crippen molar-refractivity contribution < 1.29 is 10.0 Å². The van der Waals surface area contributed by atoms with E-state index in [0.29, 0.717) is 16.5 Å². The number of aromatic nitrogens is 1. The number of rotatable bonds is 2. The van der Waals surface area contributed by atoms with Crippen molar-refractivity contribution in [3.8, 4) is 0 Å². The van der Waals surface area contributed by atoms with Gasteiger partial charge in [0.1, 0.15) is 12.7 Å². The molecule has 0 aliphatic carbocycles. The van der Waals surface area contributed by atoms with Crippen LogP contribution in [-0.4, -0.2) is 32.7 Å². The number of nitrogens with zero attached hydrogens (tertiary/aromatic N) is 5. The van der Waals surface area contributed by atoms with Gasteiger partial charge in [-0.05, 0) is 18.2 Å². The molecule has 0 spiro atoms. The maximum absolute atomic E-state index is 12.0. The Balaban J connectivity index is 2.08. The molecular formula is C14H10N6O3. The van der Waals surface area contributed by atoms with E-state index in [1.165, 1.54) is 17.7 Å². The van der Waals surface area contributed by atoms with Crippen LogP contribution in [0, 0.1) is 10.1 Å². The van der Waals surface area contributed by atoms with Gasteiger partial charge in [0.05, 0.1) is 16.0 Å². The van der Waals surface area contributed by atoms with Gasteiger partial charge in [-0.3, -0.25) is 20.5 Å². The van der Waals surface area contributed by atoms with E-state index in [9.17, 15) is 15.2 Å². The van der Waals surface area contributed by atoms with Gasteiger partial charge in [0.15, 0.2) is 0 Å². The number of aliphatic hydroxyl groups is 1. The number of hydrogen-bond donors (Lipinski definition) is 2. The van der Waals surface area contributed by atoms with Crippen LogP contribution < -0.4 is 5.43 Å². The predicted octanol–water partition coefficient (Wildman–Crippen LogP) is 1.28. The maximum Gasteiger partial charge on any atom is 0.389 e. The zero-order chi connectivity index (χ0) is 16.0. The molecule has 3 heterocycles. The van der Waals surface area contributed by atoms with Gasteiger partial charge in [-0.15, -0.1) is 0 Å². The molecule has 1 atom stereocenters. The number of aliphatic hydroxyl groups excluding tert-OH is 1. The minimum absolute atomic E-state index is 0.0543. The van der Waals surface area contributed by atoms with E-state index in [2.05, 4.69) is 20.4 Å². The Hall–Kier alpha value is -3.49. The quantitative estimate of drug-likeness (QED) is 0.637. The second kappa shape index (κ2) is 4.50. The van der Waals surface area contributed by atoms with Gasteiger partial charge in [-0.25, -0.2) is 10.0 Å². The minimum atomic E-state index is -1.99. The third kappa shape index (κ3) is 1.64. The molecule has 0 saturated carbocycles. The highest BCUT2D eigenvalue weighted by molar-refractivity contribution is 5.85. The molecule has 2 N–H and O–H groups in total. The highest BCUT2D eigenvalue weighted by Gasteiger charge is 2.58. The molecule has 0 fully saturated rings. The molecule has 2 aliphatic rings. The average molecular weight is 310 g/mol. The van der Waals surface area contributed by atoms with Crippen LogP contribution in [0.5, 0.6) is 0 Å². The fraction of sp³-hybridized carbons (Fsp3) is 0.0714. The predicted molar refractivity (Wildman–Crippen MR) is 82.0 cm³/mol. The molecule has 9 heteroatoms. The molecule has 1 aromatic carbocycles. The van der Waals surface area contributed by atoms with Crippen LogP contribution in [0.25, 0.3) is 10.9 Å². The van der Waals surface area contributed by atoms with Crippen LogP contribution in [0.15, 0.2) is 58.1 Å². The Morgan fingerprint density at radius 1 is 1.30 bits per heavy atom. The third-order valence-corrected chi connectivity index (χ3v) is 3.81. The Morgan fingerprint density at radius 2 is 2.17 bits per heavy atom. The van der Waals surface area contributed by atoms with E-state index >= 15 is 0 Å². The summed E-state index contributed by atoms with van der Waals surface area (Å²) in [4.78, 5) is 23.5. The van der Waals surface area contributed by atoms with E-state index < -0.39 is 16.5 Å². The van der Waals surface area contributed by atoms with E-state index in [0.717, 1.165) is 0 Å². The standard InChI is InChI=1S/C14H10N6O3/c21-13-12-14(20(22)23,17-8-19(12)18-7-16-13)10-4-1-5-11-9(10)3-2-6-15-11/h1-8,21H,(H,16,18)/t14-/m0/s1. The van der Waals surface area contributed by atoms with E-state index in [1.54, 1.807) is 36.5 Å². The number of nitrogens with one attached hydrogen (secondary N) is 1. The first-order valence-corrected chi connectivity index (χ1v) is 6.70. The third-order valence-electron chi connectivity index (χ3n) is 3.81. The summed E-state index contributed by atoms with van der Waals surface area (Å²) in [5.41, 5.74) is 1.57. The average Bonchev–Trinajstić information content (AvgIpc) is 2.96. The molecule has 114 valence electrons. The first-order chi connectivity index (χ1) is 11.1. The lowest BCUT2D eigenvalue weighted by atomic mass is 9.93. The Morgan fingerprint density at radius 3 is 3.00 bits per heavy atom. The molecule has 2 aromatic rings. The maximum atomic E-state index is 12.0. The minimum Gasteiger partial charge on any atom is -0.492 e. The number of hydrazine groups is 1. The number of benzene rings is 1. The molecule has 23 heavy (non-hydrogen) atoms. The number of fused-ring (bicyclic) bond motifs is 2. The summed E-state index contributed by atoms with van der Waals surface area (Å²) in [7, 11) is 0. The Labute approximate surface area is 129 Å². The molecule has 4 rings (SSSR count). The summed E-state index contributed by atoms with van der Waals surface area (Å²) < 4.78 is 0. The fourth-order valence-corrected chi connectivity index (χ4v) is 2.84. The van der Waals surface area contributed by atoms with Crippen molar-refractivity contribution in [2.75, 3.05) is 0 Å². The molecule has 0 radical (unpaired) electrons. The summed E-state index contributed by atoms with van der Waals surface area (Å²) in [5, 5.41) is 23.9. The van der Waals surface area contributed by atoms with Crippen LogP contribution in [0.4, 0.5) is 0 Å². The monoisotopic (exact) mass is 310 g/mol. The number of hydrogen-bond acceptors (Lipinski definition) is 8. The van der Waals surface area contributed by atoms with Gasteiger partial charge < -0.3 is 5.11 Å². The lowest BCUT2D eigenvalue weighted by molar-refractivity contribution is -0.565. The van der Waals surface area contributed by atoms with Crippen molar-refractivity contribution in [1.82, 2.24) is 15.4 Å². The molecule has 1 aromatic heterocycles. The smallest absolute Gasteiger partial charge is 0.389 e. The van der Waals surface area contributed by atoms with Crippen molar-refractivity contribution in [3.63, 3.8) is 0 Å². The molecule has 0 bridgehead atoms. The zero-order valence-electron chi connectivity index (χ0n) is 11.6. The second-order valence-electron chi connectivity index (χ2n) is 4.98. The molecule has 0 saturated heterocycles. The van der Waals surface area contributed by atoms with Gasteiger partial charge in [-0.1, -0.05) is 12.1 Å². The topological polar surface area (TPSA) is 116 Å². The van der Waals surface area contributed by atoms with E-state index in [-0.39, 0.29) is 5.70 Å². The van der Waals surface area contributed by atoms with Crippen molar-refractivity contribution in [2.45, 2.75) is 5.66 Å². The highest BCUT2D eigenvalue weighted by atomic mass is 16.6. The second-order valence-corrected chi connectivity index (χ2v) is 4.98. The Kier molecular flexibility index (Phi) is 2.58. The Bertz CT molecular complexity index is 916. The summed E-state index contributed by atoms with van der Waals surface area (Å²) in [5.74, 6) is -0.459. The van der Waals surface area contributed by atoms with Gasteiger partial charge in [0, 0.05) is 11.6 Å². The first-order valence-electron chi connectivity index (χ1n) is 6.70. The molecule has 0 unspecified atom stereocenters. The van der Waals surface area contributed by atoms with Crippen molar-refractivity contribution in [2.24, 2.45) is 9.98 Å². The number of pyridine rings is 1. The van der Waals surface area contributed by atoms with Crippen LogP contribution in [0.2, 0.25) is 0 Å². The lowest BCUT2D eigenvalue weighted by Crippen LogP contribution is -2.44. The van der Waals surface area contributed by atoms with Crippen LogP contribution in [0.3, 0.4) is 0 Å². The van der Waals surface area contributed by atoms with Crippen LogP contribution in [-0.2, 0) is 5.66 Å². The summed E-state index contributed by atoms with van der Waals surface area (Å²) in [6, 6.07) is 8.46. The summed E-state index contributed by atoms with van der Waals surface area (Å²) in [6.07, 6.45) is 4.10. The van der Waals surface area contributed by atoms with Gasteiger partial charge in [0.25, 0.3) is 0 Å². The van der Waals surface area contributed by atoms with Crippen molar-refractivity contribution in [3.05, 3.63) is 63.8 Å². The van der Waals surface area contributed by atoms with Crippen molar-refractivity contribution in [1.29, 1.82) is 0 Å². The summed E-state index contributed by atoms with van der Waals surface area (Å²) >= 11 is 0. The van der Waals surface area contributed by atoms with Gasteiger partial charge in [-0.2, -0.15) is 4.99 Å². The molecule has 2 aliphatic heterocycles. The summed E-state index contributed by atoms with van der Waals surface area (Å²) in [6.45, 7) is 0. The molecule has 9 nitrogen and oxygen atoms in total. The highest BCUT2D eigenvalue weighted by Crippen LogP contribution is 2.43. The lowest BCUT2D eigenvalue weighted by Gasteiger charge is -2.26. The van der Waals surface area contributed by atoms with Crippen molar-refractivity contribution >= 4 is 23.6 Å². The molecular weight excluding hydrogens is 300 g/mol. The van der Waals surface area contributed by atoms with E-state index in [4.69, 9.17) is 0 Å². The first kappa shape index (κ1) is 13.2. The largest absolute Gasteiger partial charge is 0.492 e. The van der Waals surface area contributed by atoms with Crippen LogP contribution in [0.1, 0.15) is 5.56 Å². The van der Waals surface area contributed by atoms with Gasteiger partial charge in [0.2, 0.25) is 11.6 Å². The zero-order valence-corrected chi connectivity index (χ0v) is 11.6. The van der Waals surface area contributed by atoms with Gasteiger partial charge >= 0.3 is 5.66 Å².